The number of anilines is 1. The lowest BCUT2D eigenvalue weighted by molar-refractivity contribution is 0.417. The van der Waals surface area contributed by atoms with Gasteiger partial charge in [-0.25, -0.2) is 8.78 Å². The Morgan fingerprint density at radius 2 is 1.95 bits per heavy atom. The number of methoxy groups -OCH3 is 1. The van der Waals surface area contributed by atoms with E-state index in [1.54, 1.807) is 19.2 Å². The average Bonchev–Trinajstić information content (AvgIpc) is 2.38. The molecule has 0 spiro atoms. The number of benzene rings is 2. The van der Waals surface area contributed by atoms with Crippen LogP contribution >= 0.6 is 11.8 Å². The zero-order chi connectivity index (χ0) is 13.8. The third kappa shape index (κ3) is 3.38. The molecule has 100 valence electrons. The summed E-state index contributed by atoms with van der Waals surface area (Å²) in [7, 11) is 1.55. The molecule has 0 saturated carbocycles. The van der Waals surface area contributed by atoms with Gasteiger partial charge in [0, 0.05) is 16.7 Å². The lowest BCUT2D eigenvalue weighted by Gasteiger charge is -2.07. The molecule has 2 aromatic rings. The normalized spacial score (nSPS) is 10.5. The minimum absolute atomic E-state index is 0.413. The molecule has 0 radical (unpaired) electrons. The Hall–Kier alpha value is -1.75. The van der Waals surface area contributed by atoms with E-state index in [9.17, 15) is 8.78 Å². The van der Waals surface area contributed by atoms with Gasteiger partial charge in [0.2, 0.25) is 0 Å². The first-order valence-corrected chi connectivity index (χ1v) is 6.59. The molecule has 0 aromatic heterocycles. The second-order valence-corrected chi connectivity index (χ2v) is 4.96. The van der Waals surface area contributed by atoms with Crippen LogP contribution in [0, 0.1) is 11.6 Å². The molecule has 2 nitrogen and oxygen atoms in total. The van der Waals surface area contributed by atoms with Crippen LogP contribution in [0.3, 0.4) is 0 Å². The van der Waals surface area contributed by atoms with Crippen molar-refractivity contribution in [3.63, 3.8) is 0 Å². The molecule has 0 aliphatic heterocycles. The Morgan fingerprint density at radius 3 is 2.58 bits per heavy atom. The van der Waals surface area contributed by atoms with E-state index in [0.29, 0.717) is 22.1 Å². The quantitative estimate of drug-likeness (QED) is 0.683. The van der Waals surface area contributed by atoms with E-state index < -0.39 is 11.6 Å². The van der Waals surface area contributed by atoms with Crippen LogP contribution in [0.1, 0.15) is 5.56 Å². The number of halogens is 2. The zero-order valence-corrected chi connectivity index (χ0v) is 11.1. The lowest BCUT2D eigenvalue weighted by atomic mass is 10.2. The highest BCUT2D eigenvalue weighted by atomic mass is 32.2. The van der Waals surface area contributed by atoms with Gasteiger partial charge in [-0.3, -0.25) is 0 Å². The molecule has 0 saturated heterocycles. The average molecular weight is 281 g/mol. The third-order valence-electron chi connectivity index (χ3n) is 2.58. The Labute approximate surface area is 114 Å². The van der Waals surface area contributed by atoms with E-state index in [1.165, 1.54) is 23.9 Å². The number of thioether (sulfide) groups is 1. The Bertz CT molecular complexity index is 590. The van der Waals surface area contributed by atoms with Crippen LogP contribution in [-0.4, -0.2) is 7.11 Å². The SMILES string of the molecule is COc1ccc(CSc2ccc(F)cc2F)cc1N. The number of hydrogen-bond acceptors (Lipinski definition) is 3. The molecule has 0 atom stereocenters. The molecule has 0 fully saturated rings. The highest BCUT2D eigenvalue weighted by Crippen LogP contribution is 2.29. The van der Waals surface area contributed by atoms with E-state index in [4.69, 9.17) is 10.5 Å². The summed E-state index contributed by atoms with van der Waals surface area (Å²) in [6, 6.07) is 8.98. The van der Waals surface area contributed by atoms with Crippen LogP contribution < -0.4 is 10.5 Å². The van der Waals surface area contributed by atoms with Gasteiger partial charge in [-0.05, 0) is 29.8 Å². The van der Waals surface area contributed by atoms with Gasteiger partial charge < -0.3 is 10.5 Å². The summed E-state index contributed by atoms with van der Waals surface area (Å²) in [6.45, 7) is 0. The van der Waals surface area contributed by atoms with Crippen molar-refractivity contribution >= 4 is 17.4 Å². The van der Waals surface area contributed by atoms with Crippen molar-refractivity contribution in [2.75, 3.05) is 12.8 Å². The van der Waals surface area contributed by atoms with Crippen LogP contribution in [-0.2, 0) is 5.75 Å². The first kappa shape index (κ1) is 13.7. The predicted molar refractivity (Wildman–Crippen MR) is 73.3 cm³/mol. The molecule has 0 amide bonds. The van der Waals surface area contributed by atoms with E-state index in [-0.39, 0.29) is 0 Å². The summed E-state index contributed by atoms with van der Waals surface area (Å²) in [5.41, 5.74) is 7.29. The number of nitrogen functional groups attached to an aromatic ring is 1. The van der Waals surface area contributed by atoms with Crippen molar-refractivity contribution in [3.8, 4) is 5.75 Å². The minimum atomic E-state index is -0.574. The topological polar surface area (TPSA) is 35.2 Å². The Morgan fingerprint density at radius 1 is 1.16 bits per heavy atom. The first-order valence-electron chi connectivity index (χ1n) is 5.60. The number of rotatable bonds is 4. The van der Waals surface area contributed by atoms with Gasteiger partial charge in [-0.1, -0.05) is 6.07 Å². The summed E-state index contributed by atoms with van der Waals surface area (Å²) < 4.78 is 31.3. The summed E-state index contributed by atoms with van der Waals surface area (Å²) >= 11 is 1.29. The zero-order valence-electron chi connectivity index (χ0n) is 10.3. The number of ether oxygens (including phenoxy) is 1. The van der Waals surface area contributed by atoms with Gasteiger partial charge in [0.05, 0.1) is 12.8 Å². The van der Waals surface area contributed by atoms with Crippen molar-refractivity contribution in [2.24, 2.45) is 0 Å². The second kappa shape index (κ2) is 5.93. The first-order chi connectivity index (χ1) is 9.10. The van der Waals surface area contributed by atoms with Gasteiger partial charge in [0.25, 0.3) is 0 Å². The number of hydrogen-bond donors (Lipinski definition) is 1. The molecule has 0 heterocycles. The van der Waals surface area contributed by atoms with Crippen molar-refractivity contribution in [1.29, 1.82) is 0 Å². The van der Waals surface area contributed by atoms with Gasteiger partial charge in [0.15, 0.2) is 0 Å². The fraction of sp³-hybridized carbons (Fsp3) is 0.143. The van der Waals surface area contributed by atoms with Crippen LogP contribution in [0.4, 0.5) is 14.5 Å². The third-order valence-corrected chi connectivity index (χ3v) is 3.70. The summed E-state index contributed by atoms with van der Waals surface area (Å²) in [4.78, 5) is 0.413. The van der Waals surface area contributed by atoms with Gasteiger partial charge in [-0.2, -0.15) is 0 Å². The molecule has 2 aromatic carbocycles. The smallest absolute Gasteiger partial charge is 0.141 e. The largest absolute Gasteiger partial charge is 0.495 e. The van der Waals surface area contributed by atoms with Gasteiger partial charge >= 0.3 is 0 Å². The maximum Gasteiger partial charge on any atom is 0.141 e. The van der Waals surface area contributed by atoms with Crippen molar-refractivity contribution in [3.05, 3.63) is 53.6 Å². The highest BCUT2D eigenvalue weighted by molar-refractivity contribution is 7.98. The molecule has 2 N–H and O–H groups in total. The fourth-order valence-corrected chi connectivity index (χ4v) is 2.49. The maximum atomic E-state index is 13.4. The lowest BCUT2D eigenvalue weighted by Crippen LogP contribution is -1.93. The molecular formula is C14H13F2NOS. The van der Waals surface area contributed by atoms with E-state index in [0.717, 1.165) is 11.6 Å². The summed E-state index contributed by atoms with van der Waals surface area (Å²) in [5, 5.41) is 0. The van der Waals surface area contributed by atoms with Gasteiger partial charge in [0.1, 0.15) is 17.4 Å². The van der Waals surface area contributed by atoms with Crippen LogP contribution in [0.25, 0.3) is 0 Å². The van der Waals surface area contributed by atoms with E-state index >= 15 is 0 Å². The van der Waals surface area contributed by atoms with Crippen LogP contribution in [0.15, 0.2) is 41.3 Å². The van der Waals surface area contributed by atoms with E-state index in [1.807, 2.05) is 6.07 Å². The van der Waals surface area contributed by atoms with Crippen LogP contribution in [0.2, 0.25) is 0 Å². The minimum Gasteiger partial charge on any atom is -0.495 e. The fourth-order valence-electron chi connectivity index (χ4n) is 1.63. The number of nitrogens with two attached hydrogens (primary N) is 1. The van der Waals surface area contributed by atoms with Gasteiger partial charge in [-0.15, -0.1) is 11.8 Å². The summed E-state index contributed by atoms with van der Waals surface area (Å²) in [5.74, 6) is 0.0419. The molecule has 19 heavy (non-hydrogen) atoms. The molecular weight excluding hydrogens is 268 g/mol. The van der Waals surface area contributed by atoms with Crippen molar-refractivity contribution in [2.45, 2.75) is 10.6 Å². The Kier molecular flexibility index (Phi) is 4.27. The molecule has 0 bridgehead atoms. The summed E-state index contributed by atoms with van der Waals surface area (Å²) in [6.07, 6.45) is 0. The predicted octanol–water partition coefficient (Wildman–Crippen LogP) is 3.85. The maximum absolute atomic E-state index is 13.4. The van der Waals surface area contributed by atoms with Crippen molar-refractivity contribution < 1.29 is 13.5 Å². The monoisotopic (exact) mass is 281 g/mol. The van der Waals surface area contributed by atoms with Crippen LogP contribution in [0.5, 0.6) is 5.75 Å². The molecule has 5 heteroatoms. The second-order valence-electron chi connectivity index (χ2n) is 3.94. The molecule has 2 rings (SSSR count). The molecule has 0 aliphatic carbocycles. The Balaban J connectivity index is 2.08. The van der Waals surface area contributed by atoms with Crippen molar-refractivity contribution in [1.82, 2.24) is 0 Å². The molecule has 0 aliphatic rings. The highest BCUT2D eigenvalue weighted by Gasteiger charge is 2.06. The molecule has 0 unspecified atom stereocenters. The standard InChI is InChI=1S/C14H13F2NOS/c1-18-13-4-2-9(6-12(13)17)8-19-14-5-3-10(15)7-11(14)16/h2-7H,8,17H2,1H3. The van der Waals surface area contributed by atoms with E-state index in [2.05, 4.69) is 0 Å².